The van der Waals surface area contributed by atoms with Crippen molar-refractivity contribution in [3.8, 4) is 0 Å². The van der Waals surface area contributed by atoms with Gasteiger partial charge < -0.3 is 4.90 Å². The SMILES string of the molecule is CN(C)C1CC=C2C=CC=NC2C1. The van der Waals surface area contributed by atoms with Crippen molar-refractivity contribution in [1.82, 2.24) is 4.90 Å². The van der Waals surface area contributed by atoms with Gasteiger partial charge in [0.05, 0.1) is 6.04 Å². The van der Waals surface area contributed by atoms with Gasteiger partial charge in [-0.25, -0.2) is 0 Å². The molecule has 0 saturated carbocycles. The zero-order chi connectivity index (χ0) is 9.26. The number of fused-ring (bicyclic) bond motifs is 1. The average Bonchev–Trinajstić information content (AvgIpc) is 2.17. The van der Waals surface area contributed by atoms with Crippen LogP contribution < -0.4 is 0 Å². The number of hydrogen-bond donors (Lipinski definition) is 0. The molecule has 0 amide bonds. The summed E-state index contributed by atoms with van der Waals surface area (Å²) in [5.41, 5.74) is 1.40. The highest BCUT2D eigenvalue weighted by atomic mass is 15.1. The predicted octanol–water partition coefficient (Wildman–Crippen LogP) is 1.65. The fourth-order valence-corrected chi connectivity index (χ4v) is 1.95. The van der Waals surface area contributed by atoms with Crippen LogP contribution in [0.1, 0.15) is 12.8 Å². The Bertz CT molecular complexity index is 274. The largest absolute Gasteiger partial charge is 0.306 e. The Morgan fingerprint density at radius 2 is 2.31 bits per heavy atom. The van der Waals surface area contributed by atoms with Crippen LogP contribution >= 0.6 is 0 Å². The molecule has 0 spiro atoms. The van der Waals surface area contributed by atoms with Crippen LogP contribution in [0.5, 0.6) is 0 Å². The zero-order valence-corrected chi connectivity index (χ0v) is 8.27. The Labute approximate surface area is 79.7 Å². The molecule has 70 valence electrons. The molecule has 13 heavy (non-hydrogen) atoms. The molecule has 0 aromatic carbocycles. The minimum Gasteiger partial charge on any atom is -0.306 e. The van der Waals surface area contributed by atoms with Gasteiger partial charge in [0.25, 0.3) is 0 Å². The summed E-state index contributed by atoms with van der Waals surface area (Å²) >= 11 is 0. The summed E-state index contributed by atoms with van der Waals surface area (Å²) < 4.78 is 0. The minimum absolute atomic E-state index is 0.422. The monoisotopic (exact) mass is 176 g/mol. The standard InChI is InChI=1S/C11H16N2/c1-13(2)10-6-5-9-4-3-7-12-11(9)8-10/h3-5,7,10-11H,6,8H2,1-2H3. The van der Waals surface area contributed by atoms with Crippen LogP contribution in [0, 0.1) is 0 Å². The maximum atomic E-state index is 4.48. The summed E-state index contributed by atoms with van der Waals surface area (Å²) in [6.07, 6.45) is 10.8. The molecule has 0 fully saturated rings. The molecule has 1 aliphatic carbocycles. The second-order valence-electron chi connectivity index (χ2n) is 3.97. The van der Waals surface area contributed by atoms with E-state index >= 15 is 0 Å². The van der Waals surface area contributed by atoms with E-state index in [9.17, 15) is 0 Å². The van der Waals surface area contributed by atoms with E-state index in [0.29, 0.717) is 12.1 Å². The molecule has 2 heteroatoms. The van der Waals surface area contributed by atoms with Gasteiger partial charge in [-0.05, 0) is 38.6 Å². The highest BCUT2D eigenvalue weighted by Crippen LogP contribution is 2.26. The minimum atomic E-state index is 0.422. The van der Waals surface area contributed by atoms with E-state index in [4.69, 9.17) is 0 Å². The lowest BCUT2D eigenvalue weighted by Crippen LogP contribution is -2.34. The Balaban J connectivity index is 2.13. The van der Waals surface area contributed by atoms with Gasteiger partial charge in [0.15, 0.2) is 0 Å². The van der Waals surface area contributed by atoms with E-state index in [1.807, 2.05) is 12.3 Å². The molecule has 2 atom stereocenters. The first kappa shape index (κ1) is 8.70. The van der Waals surface area contributed by atoms with Crippen LogP contribution in [0.2, 0.25) is 0 Å². The van der Waals surface area contributed by atoms with E-state index in [1.54, 1.807) is 0 Å². The third-order valence-corrected chi connectivity index (χ3v) is 2.88. The van der Waals surface area contributed by atoms with Crippen molar-refractivity contribution in [1.29, 1.82) is 0 Å². The van der Waals surface area contributed by atoms with Crippen LogP contribution in [-0.2, 0) is 0 Å². The third kappa shape index (κ3) is 1.73. The maximum Gasteiger partial charge on any atom is 0.0760 e. The van der Waals surface area contributed by atoms with E-state index in [2.05, 4.69) is 36.1 Å². The zero-order valence-electron chi connectivity index (χ0n) is 8.27. The number of dihydropyridines is 1. The molecule has 2 unspecified atom stereocenters. The second kappa shape index (κ2) is 3.46. The number of aliphatic imine (C=N–C) groups is 1. The molecule has 1 heterocycles. The quantitative estimate of drug-likeness (QED) is 0.593. The molecule has 0 aromatic rings. The summed E-state index contributed by atoms with van der Waals surface area (Å²) in [7, 11) is 4.29. The molecule has 2 nitrogen and oxygen atoms in total. The van der Waals surface area contributed by atoms with Crippen molar-refractivity contribution >= 4 is 6.21 Å². The molecule has 0 radical (unpaired) electrons. The van der Waals surface area contributed by atoms with Crippen molar-refractivity contribution in [2.24, 2.45) is 4.99 Å². The van der Waals surface area contributed by atoms with Crippen molar-refractivity contribution < 1.29 is 0 Å². The third-order valence-electron chi connectivity index (χ3n) is 2.88. The predicted molar refractivity (Wildman–Crippen MR) is 56.2 cm³/mol. The number of allylic oxidation sites excluding steroid dienone is 1. The Morgan fingerprint density at radius 3 is 3.08 bits per heavy atom. The summed E-state index contributed by atoms with van der Waals surface area (Å²) in [6, 6.07) is 1.09. The first-order valence-corrected chi connectivity index (χ1v) is 4.83. The lowest BCUT2D eigenvalue weighted by molar-refractivity contribution is 0.264. The summed E-state index contributed by atoms with van der Waals surface area (Å²) in [5, 5.41) is 0. The topological polar surface area (TPSA) is 15.6 Å². The van der Waals surface area contributed by atoms with E-state index in [-0.39, 0.29) is 0 Å². The van der Waals surface area contributed by atoms with Gasteiger partial charge in [0.2, 0.25) is 0 Å². The van der Waals surface area contributed by atoms with Crippen LogP contribution in [0.4, 0.5) is 0 Å². The van der Waals surface area contributed by atoms with Gasteiger partial charge in [0.1, 0.15) is 0 Å². The van der Waals surface area contributed by atoms with Crippen molar-refractivity contribution in [2.45, 2.75) is 24.9 Å². The molecule has 0 aromatic heterocycles. The van der Waals surface area contributed by atoms with E-state index in [0.717, 1.165) is 0 Å². The number of hydrogen-bond acceptors (Lipinski definition) is 2. The van der Waals surface area contributed by atoms with Gasteiger partial charge in [-0.2, -0.15) is 0 Å². The molecule has 0 N–H and O–H groups in total. The molecule has 0 bridgehead atoms. The number of nitrogens with zero attached hydrogens (tertiary/aromatic N) is 2. The highest BCUT2D eigenvalue weighted by molar-refractivity contribution is 5.74. The van der Waals surface area contributed by atoms with E-state index in [1.165, 1.54) is 18.4 Å². The second-order valence-corrected chi connectivity index (χ2v) is 3.97. The summed E-state index contributed by atoms with van der Waals surface area (Å²) in [4.78, 5) is 6.77. The summed E-state index contributed by atoms with van der Waals surface area (Å²) in [6.45, 7) is 0. The van der Waals surface area contributed by atoms with Crippen molar-refractivity contribution in [2.75, 3.05) is 14.1 Å². The van der Waals surface area contributed by atoms with Crippen LogP contribution in [0.15, 0.2) is 28.8 Å². The fraction of sp³-hybridized carbons (Fsp3) is 0.545. The lowest BCUT2D eigenvalue weighted by atomic mass is 9.89. The smallest absolute Gasteiger partial charge is 0.0760 e. The molecular formula is C11H16N2. The number of rotatable bonds is 1. The fourth-order valence-electron chi connectivity index (χ4n) is 1.95. The molecular weight excluding hydrogens is 160 g/mol. The summed E-state index contributed by atoms with van der Waals surface area (Å²) in [5.74, 6) is 0. The normalized spacial score (nSPS) is 31.8. The first-order valence-electron chi connectivity index (χ1n) is 4.83. The van der Waals surface area contributed by atoms with Gasteiger partial charge in [0, 0.05) is 12.3 Å². The average molecular weight is 176 g/mol. The van der Waals surface area contributed by atoms with E-state index < -0.39 is 0 Å². The Kier molecular flexibility index (Phi) is 2.32. The van der Waals surface area contributed by atoms with Crippen LogP contribution in [-0.4, -0.2) is 37.3 Å². The van der Waals surface area contributed by atoms with Gasteiger partial charge in [-0.1, -0.05) is 12.2 Å². The molecule has 2 rings (SSSR count). The van der Waals surface area contributed by atoms with Crippen LogP contribution in [0.3, 0.4) is 0 Å². The molecule has 1 aliphatic heterocycles. The first-order chi connectivity index (χ1) is 6.27. The molecule has 2 aliphatic rings. The maximum absolute atomic E-state index is 4.48. The van der Waals surface area contributed by atoms with Crippen molar-refractivity contribution in [3.05, 3.63) is 23.8 Å². The Morgan fingerprint density at radius 1 is 1.46 bits per heavy atom. The van der Waals surface area contributed by atoms with Gasteiger partial charge in [-0.3, -0.25) is 4.99 Å². The molecule has 0 saturated heterocycles. The van der Waals surface area contributed by atoms with Gasteiger partial charge >= 0.3 is 0 Å². The Hall–Kier alpha value is -0.890. The lowest BCUT2D eigenvalue weighted by Gasteiger charge is -2.31. The van der Waals surface area contributed by atoms with Crippen LogP contribution in [0.25, 0.3) is 0 Å². The highest BCUT2D eigenvalue weighted by Gasteiger charge is 2.23. The van der Waals surface area contributed by atoms with Gasteiger partial charge in [-0.15, -0.1) is 0 Å². The van der Waals surface area contributed by atoms with Crippen molar-refractivity contribution in [3.63, 3.8) is 0 Å².